The van der Waals surface area contributed by atoms with E-state index in [0.29, 0.717) is 35.5 Å². The van der Waals surface area contributed by atoms with Gasteiger partial charge in [0.25, 0.3) is 5.91 Å². The lowest BCUT2D eigenvalue weighted by atomic mass is 10.1. The van der Waals surface area contributed by atoms with Crippen LogP contribution in [0.3, 0.4) is 0 Å². The van der Waals surface area contributed by atoms with Crippen LogP contribution in [-0.4, -0.2) is 37.1 Å². The first-order chi connectivity index (χ1) is 12.5. The van der Waals surface area contributed by atoms with Gasteiger partial charge in [-0.3, -0.25) is 4.79 Å². The van der Waals surface area contributed by atoms with Crippen molar-refractivity contribution < 1.29 is 9.90 Å². The Morgan fingerprint density at radius 3 is 2.77 bits per heavy atom. The second-order valence-corrected chi connectivity index (χ2v) is 7.26. The first-order valence-electron chi connectivity index (χ1n) is 8.30. The zero-order valence-electron chi connectivity index (χ0n) is 14.8. The van der Waals surface area contributed by atoms with Crippen LogP contribution in [0.5, 0.6) is 0 Å². The number of thiophene rings is 1. The van der Waals surface area contributed by atoms with Crippen LogP contribution in [0.4, 0.5) is 0 Å². The van der Waals surface area contributed by atoms with Crippen LogP contribution in [0, 0.1) is 0 Å². The van der Waals surface area contributed by atoms with Gasteiger partial charge in [-0.05, 0) is 36.8 Å². The molecule has 6 nitrogen and oxygen atoms in total. The summed E-state index contributed by atoms with van der Waals surface area (Å²) in [6.45, 7) is 3.41. The predicted octanol–water partition coefficient (Wildman–Crippen LogP) is 2.55. The first-order valence-corrected chi connectivity index (χ1v) is 9.49. The highest BCUT2D eigenvalue weighted by molar-refractivity contribution is 7.16. The number of amides is 1. The number of hydrogen-bond acceptors (Lipinski definition) is 4. The Kier molecular flexibility index (Phi) is 7.90. The van der Waals surface area contributed by atoms with Gasteiger partial charge in [-0.2, -0.15) is 0 Å². The van der Waals surface area contributed by atoms with Gasteiger partial charge in [0.1, 0.15) is 6.10 Å². The van der Waals surface area contributed by atoms with Crippen LogP contribution in [0.2, 0.25) is 4.34 Å². The molecule has 0 aliphatic rings. The Labute approximate surface area is 162 Å². The van der Waals surface area contributed by atoms with Gasteiger partial charge < -0.3 is 21.1 Å². The highest BCUT2D eigenvalue weighted by Crippen LogP contribution is 2.26. The van der Waals surface area contributed by atoms with Crippen molar-refractivity contribution in [2.24, 2.45) is 4.99 Å². The molecular formula is C18H23ClN4O2S. The number of carbonyl (C=O) groups excluding carboxylic acids is 1. The zero-order chi connectivity index (χ0) is 18.9. The molecule has 4 N–H and O–H groups in total. The lowest BCUT2D eigenvalue weighted by Gasteiger charge is -2.14. The van der Waals surface area contributed by atoms with Gasteiger partial charge in [0, 0.05) is 30.6 Å². The molecule has 0 saturated heterocycles. The van der Waals surface area contributed by atoms with E-state index in [1.54, 1.807) is 19.2 Å². The number of nitrogens with zero attached hydrogens (tertiary/aromatic N) is 1. The Bertz CT molecular complexity index is 763. The van der Waals surface area contributed by atoms with Crippen molar-refractivity contribution in [3.8, 4) is 0 Å². The van der Waals surface area contributed by atoms with Gasteiger partial charge in [-0.25, -0.2) is 4.99 Å². The van der Waals surface area contributed by atoms with Crippen LogP contribution < -0.4 is 16.0 Å². The Morgan fingerprint density at radius 1 is 1.31 bits per heavy atom. The molecule has 1 heterocycles. The van der Waals surface area contributed by atoms with Crippen molar-refractivity contribution in [1.82, 2.24) is 16.0 Å². The molecule has 2 aromatic rings. The van der Waals surface area contributed by atoms with Crippen molar-refractivity contribution in [2.45, 2.75) is 19.6 Å². The summed E-state index contributed by atoms with van der Waals surface area (Å²) in [5.74, 6) is 0.471. The maximum Gasteiger partial charge on any atom is 0.251 e. The number of aliphatic hydroxyl groups excluding tert-OH is 1. The molecule has 1 aromatic heterocycles. The molecular weight excluding hydrogens is 372 g/mol. The van der Waals surface area contributed by atoms with Crippen LogP contribution in [0.25, 0.3) is 0 Å². The normalized spacial score (nSPS) is 12.5. The topological polar surface area (TPSA) is 85.8 Å². The van der Waals surface area contributed by atoms with E-state index in [1.165, 1.54) is 11.3 Å². The van der Waals surface area contributed by atoms with Crippen molar-refractivity contribution in [1.29, 1.82) is 0 Å². The van der Waals surface area contributed by atoms with E-state index >= 15 is 0 Å². The quantitative estimate of drug-likeness (QED) is 0.429. The number of guanidine groups is 1. The van der Waals surface area contributed by atoms with Crippen molar-refractivity contribution in [2.75, 3.05) is 20.1 Å². The van der Waals surface area contributed by atoms with E-state index in [0.717, 1.165) is 10.4 Å². The molecule has 140 valence electrons. The van der Waals surface area contributed by atoms with E-state index in [-0.39, 0.29) is 5.91 Å². The lowest BCUT2D eigenvalue weighted by Crippen LogP contribution is -2.39. The standard InChI is InChI=1S/C18H23ClN4O2S/c1-3-21-18(23-11-14(24)15-7-8-16(19)26-15)22-10-12-5-4-6-13(9-12)17(25)20-2/h4-9,14,24H,3,10-11H2,1-2H3,(H,20,25)(H2,21,22,23). The molecule has 2 rings (SSSR count). The average Bonchev–Trinajstić information content (AvgIpc) is 3.09. The van der Waals surface area contributed by atoms with E-state index in [1.807, 2.05) is 31.2 Å². The molecule has 0 radical (unpaired) electrons. The maximum atomic E-state index is 11.7. The van der Waals surface area contributed by atoms with Crippen LogP contribution in [-0.2, 0) is 6.54 Å². The van der Waals surface area contributed by atoms with Gasteiger partial charge >= 0.3 is 0 Å². The predicted molar refractivity (Wildman–Crippen MR) is 107 cm³/mol. The van der Waals surface area contributed by atoms with Crippen LogP contribution >= 0.6 is 22.9 Å². The highest BCUT2D eigenvalue weighted by atomic mass is 35.5. The molecule has 0 aliphatic carbocycles. The summed E-state index contributed by atoms with van der Waals surface area (Å²) in [5.41, 5.74) is 1.53. The van der Waals surface area contributed by atoms with E-state index < -0.39 is 6.10 Å². The summed E-state index contributed by atoms with van der Waals surface area (Å²) >= 11 is 7.26. The molecule has 1 atom stereocenters. The Balaban J connectivity index is 1.98. The second-order valence-electron chi connectivity index (χ2n) is 5.51. The minimum absolute atomic E-state index is 0.126. The molecule has 0 bridgehead atoms. The fourth-order valence-corrected chi connectivity index (χ4v) is 3.32. The summed E-state index contributed by atoms with van der Waals surface area (Å²) in [6.07, 6.45) is -0.659. The smallest absolute Gasteiger partial charge is 0.251 e. The van der Waals surface area contributed by atoms with Gasteiger partial charge in [-0.15, -0.1) is 11.3 Å². The number of aliphatic hydroxyl groups is 1. The number of aliphatic imine (C=N–C) groups is 1. The van der Waals surface area contributed by atoms with Crippen molar-refractivity contribution >= 4 is 34.8 Å². The van der Waals surface area contributed by atoms with E-state index in [9.17, 15) is 9.90 Å². The third-order valence-corrected chi connectivity index (χ3v) is 4.90. The Hall–Kier alpha value is -2.09. The SMILES string of the molecule is CCNC(=NCc1cccc(C(=O)NC)c1)NCC(O)c1ccc(Cl)s1. The summed E-state index contributed by atoms with van der Waals surface area (Å²) in [4.78, 5) is 17.0. The number of benzene rings is 1. The van der Waals surface area contributed by atoms with Crippen molar-refractivity contribution in [3.63, 3.8) is 0 Å². The second kappa shape index (κ2) is 10.2. The zero-order valence-corrected chi connectivity index (χ0v) is 16.3. The van der Waals surface area contributed by atoms with Crippen molar-refractivity contribution in [3.05, 3.63) is 56.7 Å². The molecule has 0 aliphatic heterocycles. The molecule has 1 amide bonds. The minimum atomic E-state index is -0.659. The largest absolute Gasteiger partial charge is 0.386 e. The summed E-state index contributed by atoms with van der Waals surface area (Å²) < 4.78 is 0.649. The molecule has 1 aromatic carbocycles. The Morgan fingerprint density at radius 2 is 2.12 bits per heavy atom. The molecule has 0 saturated carbocycles. The third kappa shape index (κ3) is 6.01. The first kappa shape index (κ1) is 20.2. The lowest BCUT2D eigenvalue weighted by molar-refractivity contribution is 0.0963. The van der Waals surface area contributed by atoms with Crippen LogP contribution in [0.15, 0.2) is 41.4 Å². The molecule has 8 heteroatoms. The average molecular weight is 395 g/mol. The molecule has 0 spiro atoms. The fraction of sp³-hybridized carbons (Fsp3) is 0.333. The van der Waals surface area contributed by atoms with E-state index in [4.69, 9.17) is 11.6 Å². The summed E-state index contributed by atoms with van der Waals surface area (Å²) in [7, 11) is 1.60. The van der Waals surface area contributed by atoms with E-state index in [2.05, 4.69) is 20.9 Å². The number of halogens is 1. The minimum Gasteiger partial charge on any atom is -0.386 e. The molecule has 26 heavy (non-hydrogen) atoms. The monoisotopic (exact) mass is 394 g/mol. The van der Waals surface area contributed by atoms with Crippen LogP contribution in [0.1, 0.15) is 33.8 Å². The number of rotatable bonds is 7. The summed E-state index contributed by atoms with van der Waals surface area (Å²) in [5, 5.41) is 19.1. The fourth-order valence-electron chi connectivity index (χ4n) is 2.27. The van der Waals surface area contributed by atoms with Gasteiger partial charge in [-0.1, -0.05) is 23.7 Å². The number of nitrogens with one attached hydrogen (secondary N) is 3. The van der Waals surface area contributed by atoms with Gasteiger partial charge in [0.15, 0.2) is 5.96 Å². The third-order valence-electron chi connectivity index (χ3n) is 3.57. The van der Waals surface area contributed by atoms with Gasteiger partial charge in [0.2, 0.25) is 0 Å². The summed E-state index contributed by atoms with van der Waals surface area (Å²) in [6, 6.07) is 10.9. The van der Waals surface area contributed by atoms with Gasteiger partial charge in [0.05, 0.1) is 10.9 Å². The molecule has 1 unspecified atom stereocenters. The number of hydrogen-bond donors (Lipinski definition) is 4. The molecule has 0 fully saturated rings. The highest BCUT2D eigenvalue weighted by Gasteiger charge is 2.11. The maximum absolute atomic E-state index is 11.7. The number of carbonyl (C=O) groups is 1.